The Balaban J connectivity index is 1.38. The van der Waals surface area contributed by atoms with Crippen LogP contribution in [-0.4, -0.2) is 13.6 Å². The van der Waals surface area contributed by atoms with Crippen LogP contribution in [0.3, 0.4) is 0 Å². The summed E-state index contributed by atoms with van der Waals surface area (Å²) < 4.78 is 2.82. The second kappa shape index (κ2) is 23.0. The summed E-state index contributed by atoms with van der Waals surface area (Å²) in [7, 11) is 1.96. The van der Waals surface area contributed by atoms with Crippen molar-refractivity contribution in [1.29, 1.82) is 0 Å². The third-order valence-electron chi connectivity index (χ3n) is 13.1. The number of fused-ring (bicyclic) bond motifs is 2. The molecule has 8 heteroatoms. The summed E-state index contributed by atoms with van der Waals surface area (Å²) in [5.41, 5.74) is 4.86. The van der Waals surface area contributed by atoms with Crippen LogP contribution in [0.25, 0.3) is 72.0 Å². The van der Waals surface area contributed by atoms with Crippen molar-refractivity contribution in [2.24, 2.45) is 17.8 Å². The predicted molar refractivity (Wildman–Crippen MR) is 293 cm³/mol. The highest BCUT2D eigenvalue weighted by Gasteiger charge is 2.26. The topological polar surface area (TPSA) is 24.1 Å². The Morgan fingerprint density at radius 2 is 0.921 bits per heavy atom. The number of hydrogen-bond donors (Lipinski definition) is 2. The van der Waals surface area contributed by atoms with Gasteiger partial charge in [-0.15, -0.1) is 68.0 Å². The smallest absolute Gasteiger partial charge is 0.0502 e. The molecule has 2 nitrogen and oxygen atoms in total. The molecule has 336 valence electrons. The van der Waals surface area contributed by atoms with Crippen molar-refractivity contribution >= 4 is 99.6 Å². The average molecular weight is 952 g/mol. The van der Waals surface area contributed by atoms with Gasteiger partial charge in [-0.25, -0.2) is 0 Å². The Morgan fingerprint density at radius 3 is 1.35 bits per heavy atom. The summed E-state index contributed by atoms with van der Waals surface area (Å²) in [6.45, 7) is 23.8. The zero-order chi connectivity index (χ0) is 44.5. The molecule has 0 aliphatic carbocycles. The molecule has 6 aromatic heterocycles. The maximum absolute atomic E-state index is 4.54. The molecule has 0 spiro atoms. The molecule has 63 heavy (non-hydrogen) atoms. The number of rotatable bonds is 26. The van der Waals surface area contributed by atoms with Crippen LogP contribution in [-0.2, 0) is 12.8 Å². The highest BCUT2D eigenvalue weighted by Crippen LogP contribution is 2.55. The van der Waals surface area contributed by atoms with Gasteiger partial charge in [0.25, 0.3) is 0 Å². The molecular formula is C55H70N2S6. The van der Waals surface area contributed by atoms with Crippen molar-refractivity contribution in [3.8, 4) is 40.4 Å². The van der Waals surface area contributed by atoms with Gasteiger partial charge in [-0.3, -0.25) is 0 Å². The lowest BCUT2D eigenvalue weighted by Gasteiger charge is -2.16. The molecule has 0 amide bonds. The van der Waals surface area contributed by atoms with Crippen LogP contribution in [0.1, 0.15) is 138 Å². The fourth-order valence-corrected chi connectivity index (χ4v) is 16.0. The number of nitrogens with one attached hydrogen (secondary N) is 2. The van der Waals surface area contributed by atoms with Crippen molar-refractivity contribution in [2.75, 3.05) is 13.6 Å². The first kappa shape index (κ1) is 48.0. The van der Waals surface area contributed by atoms with Crippen LogP contribution >= 0.6 is 68.0 Å². The molecule has 1 aromatic carbocycles. The Morgan fingerprint density at radius 1 is 0.492 bits per heavy atom. The van der Waals surface area contributed by atoms with E-state index in [9.17, 15) is 0 Å². The van der Waals surface area contributed by atoms with Crippen LogP contribution < -0.4 is 10.6 Å². The standard InChI is InChI=1S/C55H70N2S6/c1-10-16-19-37(13-4)30-40-22-24-48(58-40)52-42-32-50(46-28-26-44(60-46)35(7)56-9)62-54(42)53(49-25-23-41(59-49)31-38(14-5)20-17-11-2)43-33-51(63-55(43)52)47-29-27-45(61-47)36(8)57-34-39(15-6)21-18-12-3/h22-29,32-33,37-39,56-57H,7-8,10-21,30-31,34H2,1-6,9H3. The molecule has 0 bridgehead atoms. The van der Waals surface area contributed by atoms with Crippen LogP contribution in [0.5, 0.6) is 0 Å². The van der Waals surface area contributed by atoms with Crippen molar-refractivity contribution in [2.45, 2.75) is 131 Å². The third-order valence-corrected chi connectivity index (χ3v) is 20.3. The second-order valence-corrected chi connectivity index (χ2v) is 24.2. The lowest BCUT2D eigenvalue weighted by Crippen LogP contribution is -2.20. The van der Waals surface area contributed by atoms with E-state index in [1.165, 1.54) is 170 Å². The normalized spacial score (nSPS) is 13.3. The van der Waals surface area contributed by atoms with Crippen LogP contribution in [0.4, 0.5) is 0 Å². The number of hydrogen-bond acceptors (Lipinski definition) is 8. The first-order valence-electron chi connectivity index (χ1n) is 23.9. The van der Waals surface area contributed by atoms with Crippen LogP contribution in [0, 0.1) is 17.8 Å². The van der Waals surface area contributed by atoms with E-state index in [1.807, 2.05) is 75.1 Å². The SMILES string of the molecule is C=C(NC)c1ccc(-c2cc3c(-c4ccc(CC(CC)CCCC)s4)c4sc(-c5ccc(C(=C)NCC(CC)CCCC)s5)cc4c(-c4ccc(CC(CC)CCCC)s4)c3s2)s1. The molecule has 7 aromatic rings. The van der Waals surface area contributed by atoms with Crippen molar-refractivity contribution in [3.63, 3.8) is 0 Å². The summed E-state index contributed by atoms with van der Waals surface area (Å²) in [4.78, 5) is 13.6. The van der Waals surface area contributed by atoms with E-state index < -0.39 is 0 Å². The monoisotopic (exact) mass is 950 g/mol. The molecule has 3 atom stereocenters. The fourth-order valence-electron chi connectivity index (χ4n) is 8.89. The van der Waals surface area contributed by atoms with Gasteiger partial charge >= 0.3 is 0 Å². The molecule has 6 heterocycles. The van der Waals surface area contributed by atoms with Gasteiger partial charge in [0.15, 0.2) is 0 Å². The minimum atomic E-state index is 0.688. The molecule has 0 aliphatic heterocycles. The Labute approximate surface area is 403 Å². The fraction of sp³-hybridized carbons (Fsp3) is 0.455. The molecule has 0 radical (unpaired) electrons. The maximum atomic E-state index is 4.54. The highest BCUT2D eigenvalue weighted by molar-refractivity contribution is 7.29. The molecule has 0 saturated carbocycles. The lowest BCUT2D eigenvalue weighted by molar-refractivity contribution is 0.443. The summed E-state index contributed by atoms with van der Waals surface area (Å²) in [6, 6.07) is 24.0. The van der Waals surface area contributed by atoms with E-state index in [4.69, 9.17) is 0 Å². The zero-order valence-electron chi connectivity index (χ0n) is 39.0. The van der Waals surface area contributed by atoms with Crippen LogP contribution in [0.2, 0.25) is 0 Å². The average Bonchev–Trinajstić information content (AvgIpc) is 4.17. The van der Waals surface area contributed by atoms with Gasteiger partial charge in [0.05, 0.1) is 9.75 Å². The first-order chi connectivity index (χ1) is 30.7. The minimum Gasteiger partial charge on any atom is -0.387 e. The van der Waals surface area contributed by atoms with Gasteiger partial charge in [0.1, 0.15) is 0 Å². The van der Waals surface area contributed by atoms with Gasteiger partial charge < -0.3 is 10.6 Å². The van der Waals surface area contributed by atoms with E-state index in [1.54, 1.807) is 0 Å². The molecule has 0 fully saturated rings. The predicted octanol–water partition coefficient (Wildman–Crippen LogP) is 19.5. The largest absolute Gasteiger partial charge is 0.387 e. The summed E-state index contributed by atoms with van der Waals surface area (Å²) >= 11 is 11.8. The summed E-state index contributed by atoms with van der Waals surface area (Å²) in [6.07, 6.45) is 17.7. The second-order valence-electron chi connectivity index (χ2n) is 17.6. The molecule has 3 unspecified atom stereocenters. The van der Waals surface area contributed by atoms with E-state index in [0.29, 0.717) is 5.92 Å². The third kappa shape index (κ3) is 11.4. The quantitative estimate of drug-likeness (QED) is 0.0565. The van der Waals surface area contributed by atoms with Gasteiger partial charge in [0.2, 0.25) is 0 Å². The number of unbranched alkanes of at least 4 members (excludes halogenated alkanes) is 3. The molecule has 0 aliphatic rings. The maximum Gasteiger partial charge on any atom is 0.0502 e. The number of thiophene rings is 6. The van der Waals surface area contributed by atoms with Crippen LogP contribution in [0.15, 0.2) is 73.8 Å². The molecular weight excluding hydrogens is 881 g/mol. The van der Waals surface area contributed by atoms with E-state index in [-0.39, 0.29) is 0 Å². The van der Waals surface area contributed by atoms with Crippen molar-refractivity contribution in [1.82, 2.24) is 10.6 Å². The number of benzene rings is 1. The molecule has 7 rings (SSSR count). The van der Waals surface area contributed by atoms with E-state index in [0.717, 1.165) is 29.8 Å². The summed E-state index contributed by atoms with van der Waals surface area (Å²) in [5.74, 6) is 2.17. The molecule has 2 N–H and O–H groups in total. The van der Waals surface area contributed by atoms with Gasteiger partial charge in [-0.1, -0.05) is 125 Å². The molecule has 0 saturated heterocycles. The Hall–Kier alpha value is -2.98. The zero-order valence-corrected chi connectivity index (χ0v) is 43.9. The summed E-state index contributed by atoms with van der Waals surface area (Å²) in [5, 5.41) is 9.80. The highest BCUT2D eigenvalue weighted by atomic mass is 32.1. The van der Waals surface area contributed by atoms with Gasteiger partial charge in [-0.05, 0) is 97.7 Å². The van der Waals surface area contributed by atoms with Gasteiger partial charge in [0, 0.05) is 95.3 Å². The Kier molecular flexibility index (Phi) is 17.5. The van der Waals surface area contributed by atoms with Gasteiger partial charge in [-0.2, -0.15) is 0 Å². The van der Waals surface area contributed by atoms with E-state index in [2.05, 4.69) is 126 Å². The Bertz CT molecular complexity index is 2450. The first-order valence-corrected chi connectivity index (χ1v) is 28.8. The lowest BCUT2D eigenvalue weighted by atomic mass is 9.95. The van der Waals surface area contributed by atoms with Crippen molar-refractivity contribution in [3.05, 3.63) is 93.3 Å². The minimum absolute atomic E-state index is 0.688. The van der Waals surface area contributed by atoms with Crippen molar-refractivity contribution < 1.29 is 0 Å². The van der Waals surface area contributed by atoms with E-state index >= 15 is 0 Å².